The molecule has 1 aliphatic heterocycles. The largest absolute Gasteiger partial charge is 0.496 e. The Labute approximate surface area is 148 Å². The number of benzene rings is 1. The number of nitriles is 1. The molecule has 0 spiro atoms. The van der Waals surface area contributed by atoms with Gasteiger partial charge < -0.3 is 15.2 Å². The fraction of sp³-hybridized carbons (Fsp3) is 0.333. The molecule has 2 atom stereocenters. The summed E-state index contributed by atoms with van der Waals surface area (Å²) in [5, 5.41) is 9.60. The van der Waals surface area contributed by atoms with Crippen LogP contribution in [-0.2, 0) is 9.53 Å². The number of carbonyl (C=O) groups is 1. The lowest BCUT2D eigenvalue weighted by atomic mass is 9.75. The Morgan fingerprint density at radius 1 is 1.42 bits per heavy atom. The zero-order valence-electron chi connectivity index (χ0n) is 13.4. The highest BCUT2D eigenvalue weighted by atomic mass is 79.9. The molecule has 0 fully saturated rings. The SMILES string of the molecule is COc1ccc(Br)cc1C1C(C#N)=C(N)OC2=C1C(=O)CC(C)C2. The Morgan fingerprint density at radius 2 is 2.17 bits per heavy atom. The van der Waals surface area contributed by atoms with Crippen molar-refractivity contribution in [1.29, 1.82) is 5.26 Å². The van der Waals surface area contributed by atoms with Gasteiger partial charge in [-0.15, -0.1) is 0 Å². The lowest BCUT2D eigenvalue weighted by Gasteiger charge is -2.33. The molecule has 1 aliphatic carbocycles. The summed E-state index contributed by atoms with van der Waals surface area (Å²) < 4.78 is 11.9. The molecular weight excluding hydrogens is 372 g/mol. The summed E-state index contributed by atoms with van der Waals surface area (Å²) in [7, 11) is 1.56. The van der Waals surface area contributed by atoms with Crippen LogP contribution in [0, 0.1) is 17.2 Å². The third-order valence-corrected chi connectivity index (χ3v) is 4.86. The van der Waals surface area contributed by atoms with Crippen LogP contribution in [0.3, 0.4) is 0 Å². The number of carbonyl (C=O) groups excluding carboxylic acids is 1. The number of nitrogens with two attached hydrogens (primary N) is 1. The second-order valence-corrected chi connectivity index (χ2v) is 7.00. The smallest absolute Gasteiger partial charge is 0.205 e. The van der Waals surface area contributed by atoms with Crippen molar-refractivity contribution < 1.29 is 14.3 Å². The van der Waals surface area contributed by atoms with Crippen molar-refractivity contribution in [1.82, 2.24) is 0 Å². The molecule has 1 aromatic carbocycles. The number of Topliss-reactive ketones (excluding diaryl/α,β-unsaturated/α-hetero) is 1. The topological polar surface area (TPSA) is 85.3 Å². The highest BCUT2D eigenvalue weighted by molar-refractivity contribution is 9.10. The molecule has 1 heterocycles. The van der Waals surface area contributed by atoms with E-state index in [9.17, 15) is 10.1 Å². The molecule has 5 nitrogen and oxygen atoms in total. The van der Waals surface area contributed by atoms with Crippen molar-refractivity contribution >= 4 is 21.7 Å². The summed E-state index contributed by atoms with van der Waals surface area (Å²) >= 11 is 3.44. The molecule has 3 rings (SSSR count). The monoisotopic (exact) mass is 388 g/mol. The van der Waals surface area contributed by atoms with Gasteiger partial charge >= 0.3 is 0 Å². The predicted molar refractivity (Wildman–Crippen MR) is 91.8 cm³/mol. The van der Waals surface area contributed by atoms with Crippen LogP contribution in [0.25, 0.3) is 0 Å². The molecule has 0 amide bonds. The van der Waals surface area contributed by atoms with Crippen LogP contribution >= 0.6 is 15.9 Å². The number of nitrogens with zero attached hydrogens (tertiary/aromatic N) is 1. The maximum Gasteiger partial charge on any atom is 0.205 e. The van der Waals surface area contributed by atoms with E-state index >= 15 is 0 Å². The molecule has 6 heteroatoms. The molecule has 2 unspecified atom stereocenters. The minimum Gasteiger partial charge on any atom is -0.496 e. The minimum absolute atomic E-state index is 0.00368. The van der Waals surface area contributed by atoms with Gasteiger partial charge in [-0.2, -0.15) is 5.26 Å². The quantitative estimate of drug-likeness (QED) is 0.837. The van der Waals surface area contributed by atoms with Crippen LogP contribution < -0.4 is 10.5 Å². The molecule has 1 aromatic rings. The first kappa shape index (κ1) is 16.6. The van der Waals surface area contributed by atoms with E-state index in [1.807, 2.05) is 19.1 Å². The van der Waals surface area contributed by atoms with E-state index in [2.05, 4.69) is 22.0 Å². The van der Waals surface area contributed by atoms with Gasteiger partial charge in [0.05, 0.1) is 13.0 Å². The van der Waals surface area contributed by atoms with E-state index in [1.165, 1.54) is 0 Å². The number of rotatable bonds is 2. The molecule has 124 valence electrons. The number of methoxy groups -OCH3 is 1. The first-order valence-electron chi connectivity index (χ1n) is 7.63. The van der Waals surface area contributed by atoms with Crippen molar-refractivity contribution in [2.75, 3.05) is 7.11 Å². The van der Waals surface area contributed by atoms with Gasteiger partial charge in [0.25, 0.3) is 0 Å². The Bertz CT molecular complexity index is 820. The lowest BCUT2D eigenvalue weighted by Crippen LogP contribution is -2.29. The van der Waals surface area contributed by atoms with Gasteiger partial charge in [-0.1, -0.05) is 22.9 Å². The number of hydrogen-bond acceptors (Lipinski definition) is 5. The fourth-order valence-corrected chi connectivity index (χ4v) is 3.71. The third kappa shape index (κ3) is 2.69. The zero-order chi connectivity index (χ0) is 17.4. The van der Waals surface area contributed by atoms with Crippen LogP contribution in [0.15, 0.2) is 45.5 Å². The summed E-state index contributed by atoms with van der Waals surface area (Å²) in [5.74, 6) is 0.858. The summed E-state index contributed by atoms with van der Waals surface area (Å²) in [6.07, 6.45) is 1.07. The van der Waals surface area contributed by atoms with Crippen molar-refractivity contribution in [3.8, 4) is 11.8 Å². The molecule has 0 bridgehead atoms. The molecule has 24 heavy (non-hydrogen) atoms. The van der Waals surface area contributed by atoms with Gasteiger partial charge in [-0.05, 0) is 24.1 Å². The van der Waals surface area contributed by atoms with Crippen molar-refractivity contribution in [3.63, 3.8) is 0 Å². The number of ketones is 1. The highest BCUT2D eigenvalue weighted by Crippen LogP contribution is 2.47. The van der Waals surface area contributed by atoms with E-state index in [0.29, 0.717) is 29.9 Å². The Kier molecular flexibility index (Phi) is 4.37. The van der Waals surface area contributed by atoms with E-state index < -0.39 is 5.92 Å². The van der Waals surface area contributed by atoms with Crippen LogP contribution in [0.2, 0.25) is 0 Å². The van der Waals surface area contributed by atoms with Gasteiger partial charge in [-0.25, -0.2) is 0 Å². The van der Waals surface area contributed by atoms with Gasteiger partial charge in [0.1, 0.15) is 23.2 Å². The number of allylic oxidation sites excluding steroid dienone is 3. The molecule has 0 radical (unpaired) electrons. The lowest BCUT2D eigenvalue weighted by molar-refractivity contribution is -0.117. The first-order chi connectivity index (χ1) is 11.5. The average Bonchev–Trinajstić information content (AvgIpc) is 2.53. The van der Waals surface area contributed by atoms with Crippen LogP contribution in [0.5, 0.6) is 5.75 Å². The van der Waals surface area contributed by atoms with E-state index in [1.54, 1.807) is 13.2 Å². The van der Waals surface area contributed by atoms with Gasteiger partial charge in [0.15, 0.2) is 5.78 Å². The Hall–Kier alpha value is -2.26. The van der Waals surface area contributed by atoms with Crippen LogP contribution in [-0.4, -0.2) is 12.9 Å². The standard InChI is InChI=1S/C18H17BrN2O3/c1-9-5-13(22)17-15(6-9)24-18(21)12(8-20)16(17)11-7-10(19)3-4-14(11)23-2/h3-4,7,9,16H,5-6,21H2,1-2H3. The average molecular weight is 389 g/mol. The minimum atomic E-state index is -0.564. The first-order valence-corrected chi connectivity index (χ1v) is 8.42. The Morgan fingerprint density at radius 3 is 2.83 bits per heavy atom. The summed E-state index contributed by atoms with van der Waals surface area (Å²) in [5.41, 5.74) is 7.48. The van der Waals surface area contributed by atoms with Gasteiger partial charge in [0, 0.05) is 28.5 Å². The normalized spacial score (nSPS) is 23.5. The maximum atomic E-state index is 12.7. The molecule has 0 saturated carbocycles. The molecule has 0 saturated heterocycles. The second kappa shape index (κ2) is 6.33. The van der Waals surface area contributed by atoms with E-state index in [-0.39, 0.29) is 23.2 Å². The predicted octanol–water partition coefficient (Wildman–Crippen LogP) is 3.52. The molecule has 2 aliphatic rings. The summed E-state index contributed by atoms with van der Waals surface area (Å²) in [6.45, 7) is 2.00. The molecule has 0 aromatic heterocycles. The molecule has 2 N–H and O–H groups in total. The number of hydrogen-bond donors (Lipinski definition) is 1. The summed E-state index contributed by atoms with van der Waals surface area (Å²) in [4.78, 5) is 12.7. The van der Waals surface area contributed by atoms with Crippen molar-refractivity contribution in [3.05, 3.63) is 51.0 Å². The van der Waals surface area contributed by atoms with E-state index in [0.717, 1.165) is 10.0 Å². The Balaban J connectivity index is 2.25. The van der Waals surface area contributed by atoms with Crippen molar-refractivity contribution in [2.24, 2.45) is 11.7 Å². The number of ether oxygens (including phenoxy) is 2. The fourth-order valence-electron chi connectivity index (χ4n) is 3.33. The summed E-state index contributed by atoms with van der Waals surface area (Å²) in [6, 6.07) is 7.62. The number of halogens is 1. The van der Waals surface area contributed by atoms with E-state index in [4.69, 9.17) is 15.2 Å². The third-order valence-electron chi connectivity index (χ3n) is 4.37. The van der Waals surface area contributed by atoms with Gasteiger partial charge in [0.2, 0.25) is 5.88 Å². The zero-order valence-corrected chi connectivity index (χ0v) is 15.0. The highest BCUT2D eigenvalue weighted by Gasteiger charge is 2.40. The van der Waals surface area contributed by atoms with Crippen LogP contribution in [0.4, 0.5) is 0 Å². The molecular formula is C18H17BrN2O3. The van der Waals surface area contributed by atoms with Crippen molar-refractivity contribution in [2.45, 2.75) is 25.7 Å². The maximum absolute atomic E-state index is 12.7. The van der Waals surface area contributed by atoms with Gasteiger partial charge in [-0.3, -0.25) is 4.79 Å². The van der Waals surface area contributed by atoms with Crippen LogP contribution in [0.1, 0.15) is 31.2 Å². The second-order valence-electron chi connectivity index (χ2n) is 6.08.